The van der Waals surface area contributed by atoms with Gasteiger partial charge in [0.15, 0.2) is 6.10 Å². The highest BCUT2D eigenvalue weighted by Crippen LogP contribution is 2.14. The lowest BCUT2D eigenvalue weighted by atomic mass is 10.0. The topological polar surface area (TPSA) is 113 Å². The number of hydrogen-bond acceptors (Lipinski definition) is 7. The quantitative estimate of drug-likeness (QED) is 0.0374. The van der Waals surface area contributed by atoms with E-state index in [1.54, 1.807) is 12.2 Å². The van der Waals surface area contributed by atoms with E-state index in [0.717, 1.165) is 57.3 Å². The van der Waals surface area contributed by atoms with E-state index in [1.807, 2.05) is 36.5 Å². The molecule has 0 bridgehead atoms. The van der Waals surface area contributed by atoms with Gasteiger partial charge in [-0.05, 0) is 38.0 Å². The van der Waals surface area contributed by atoms with Gasteiger partial charge in [-0.3, -0.25) is 9.59 Å². The van der Waals surface area contributed by atoms with Crippen LogP contribution in [0.4, 0.5) is 0 Å². The van der Waals surface area contributed by atoms with Crippen LogP contribution in [0.15, 0.2) is 48.6 Å². The van der Waals surface area contributed by atoms with Crippen molar-refractivity contribution in [2.24, 2.45) is 5.92 Å². The van der Waals surface area contributed by atoms with Crippen LogP contribution in [-0.4, -0.2) is 58.8 Å². The van der Waals surface area contributed by atoms with Crippen molar-refractivity contribution in [3.8, 4) is 0 Å². The van der Waals surface area contributed by atoms with Crippen molar-refractivity contribution in [2.45, 2.75) is 174 Å². The average molecular weight is 663 g/mol. The van der Waals surface area contributed by atoms with Crippen molar-refractivity contribution in [3.63, 3.8) is 0 Å². The minimum Gasteiger partial charge on any atom is -0.462 e. The molecule has 0 unspecified atom stereocenters. The van der Waals surface area contributed by atoms with Crippen LogP contribution in [0.1, 0.15) is 156 Å². The van der Waals surface area contributed by atoms with Crippen LogP contribution in [0.25, 0.3) is 0 Å². The Bertz CT molecular complexity index is 846. The Hall–Kier alpha value is -2.22. The van der Waals surface area contributed by atoms with E-state index in [9.17, 15) is 24.9 Å². The largest absolute Gasteiger partial charge is 0.462 e. The molecule has 0 aliphatic rings. The molecule has 0 aromatic carbocycles. The van der Waals surface area contributed by atoms with Gasteiger partial charge in [0.25, 0.3) is 0 Å². The molecule has 0 saturated heterocycles. The van der Waals surface area contributed by atoms with E-state index < -0.39 is 24.8 Å². The number of unbranched alkanes of at least 4 members (excludes halogenated alkanes) is 12. The first-order chi connectivity index (χ1) is 22.8. The summed E-state index contributed by atoms with van der Waals surface area (Å²) in [7, 11) is 0. The molecule has 0 spiro atoms. The van der Waals surface area contributed by atoms with Crippen molar-refractivity contribution in [2.75, 3.05) is 13.2 Å². The zero-order chi connectivity index (χ0) is 34.8. The van der Waals surface area contributed by atoms with Gasteiger partial charge in [0.2, 0.25) is 0 Å². The number of carbonyl (C=O) groups is 2. The number of esters is 2. The van der Waals surface area contributed by atoms with E-state index in [1.165, 1.54) is 57.8 Å². The van der Waals surface area contributed by atoms with E-state index in [4.69, 9.17) is 9.47 Å². The Morgan fingerprint density at radius 1 is 0.617 bits per heavy atom. The molecule has 0 aromatic heterocycles. The predicted octanol–water partition coefficient (Wildman–Crippen LogP) is 9.25. The molecule has 0 aromatic rings. The van der Waals surface area contributed by atoms with Crippen molar-refractivity contribution in [1.29, 1.82) is 0 Å². The van der Waals surface area contributed by atoms with Crippen LogP contribution in [0.5, 0.6) is 0 Å². The number of allylic oxidation sites excluding steroid dienone is 6. The lowest BCUT2D eigenvalue weighted by molar-refractivity contribution is -0.161. The van der Waals surface area contributed by atoms with E-state index in [-0.39, 0.29) is 25.1 Å². The summed E-state index contributed by atoms with van der Waals surface area (Å²) < 4.78 is 10.5. The number of aliphatic hydroxyl groups is 3. The van der Waals surface area contributed by atoms with Crippen molar-refractivity contribution >= 4 is 11.9 Å². The summed E-state index contributed by atoms with van der Waals surface area (Å²) >= 11 is 0. The third kappa shape index (κ3) is 33.5. The Morgan fingerprint density at radius 2 is 1.11 bits per heavy atom. The molecule has 3 N–H and O–H groups in total. The summed E-state index contributed by atoms with van der Waals surface area (Å²) in [6, 6.07) is 0. The van der Waals surface area contributed by atoms with Crippen LogP contribution in [-0.2, 0) is 19.1 Å². The monoisotopic (exact) mass is 663 g/mol. The van der Waals surface area contributed by atoms with E-state index in [0.29, 0.717) is 19.3 Å². The standard InChI is InChI=1S/C40H70O7/c1-4-5-20-27-36(42)28-22-17-13-11-14-18-23-29-37(43)30-25-32-40(45)47-38(33-41)34-46-39(44)31-24-19-15-10-8-6-7-9-12-16-21-26-35(2)3/h13-14,17-18,22-23,28-29,35-38,41-43H,4-12,15-16,19-21,24-27,30-34H2,1-3H3/b17-13-,18-14-,28-22+,29-23+/t36-,37-,38+/m1/s1. The molecule has 0 heterocycles. The Labute approximate surface area is 287 Å². The summed E-state index contributed by atoms with van der Waals surface area (Å²) in [5.74, 6) is -0.00136. The van der Waals surface area contributed by atoms with Gasteiger partial charge in [-0.25, -0.2) is 0 Å². The highest BCUT2D eigenvalue weighted by Gasteiger charge is 2.16. The Balaban J connectivity index is 3.84. The molecule has 0 fully saturated rings. The third-order valence-corrected chi connectivity index (χ3v) is 8.01. The fraction of sp³-hybridized carbons (Fsp3) is 0.750. The van der Waals surface area contributed by atoms with Crippen LogP contribution in [0.2, 0.25) is 0 Å². The van der Waals surface area contributed by atoms with Gasteiger partial charge in [0.1, 0.15) is 6.61 Å². The molecule has 7 nitrogen and oxygen atoms in total. The molecule has 0 amide bonds. The first kappa shape index (κ1) is 44.8. The zero-order valence-corrected chi connectivity index (χ0v) is 30.2. The molecular weight excluding hydrogens is 592 g/mol. The zero-order valence-electron chi connectivity index (χ0n) is 30.2. The second kappa shape index (κ2) is 33.7. The molecule has 272 valence electrons. The number of ether oxygens (including phenoxy) is 2. The second-order valence-corrected chi connectivity index (χ2v) is 13.2. The maximum atomic E-state index is 12.2. The summed E-state index contributed by atoms with van der Waals surface area (Å²) in [5, 5.41) is 29.5. The third-order valence-electron chi connectivity index (χ3n) is 8.01. The molecule has 0 radical (unpaired) electrons. The average Bonchev–Trinajstić information content (AvgIpc) is 3.04. The predicted molar refractivity (Wildman–Crippen MR) is 194 cm³/mol. The SMILES string of the molecule is CCCCC[C@@H](O)/C=C/C=C\C/C=C\C=C\[C@@H](O)CCCC(=O)O[C@@H](CO)COC(=O)CCCCCCCCCCCCCC(C)C. The summed E-state index contributed by atoms with van der Waals surface area (Å²) in [6.45, 7) is 6.16. The van der Waals surface area contributed by atoms with Gasteiger partial charge in [-0.15, -0.1) is 0 Å². The molecule has 3 atom stereocenters. The molecular formula is C40H70O7. The van der Waals surface area contributed by atoms with Gasteiger partial charge in [0.05, 0.1) is 18.8 Å². The van der Waals surface area contributed by atoms with Crippen molar-refractivity contribution in [1.82, 2.24) is 0 Å². The lowest BCUT2D eigenvalue weighted by Crippen LogP contribution is -2.28. The maximum absolute atomic E-state index is 12.2. The molecule has 0 rings (SSSR count). The smallest absolute Gasteiger partial charge is 0.306 e. The summed E-state index contributed by atoms with van der Waals surface area (Å²) in [4.78, 5) is 24.2. The number of hydrogen-bond donors (Lipinski definition) is 3. The second-order valence-electron chi connectivity index (χ2n) is 13.2. The molecule has 7 heteroatoms. The molecule has 0 aliphatic heterocycles. The number of carbonyl (C=O) groups excluding carboxylic acids is 2. The summed E-state index contributed by atoms with van der Waals surface area (Å²) in [6.07, 6.45) is 33.8. The molecule has 0 saturated carbocycles. The minimum atomic E-state index is -0.878. The molecule has 47 heavy (non-hydrogen) atoms. The normalized spacial score (nSPS) is 14.2. The maximum Gasteiger partial charge on any atom is 0.306 e. The highest BCUT2D eigenvalue weighted by atomic mass is 16.6. The first-order valence-electron chi connectivity index (χ1n) is 18.8. The van der Waals surface area contributed by atoms with E-state index >= 15 is 0 Å². The summed E-state index contributed by atoms with van der Waals surface area (Å²) in [5.41, 5.74) is 0. The Kier molecular flexibility index (Phi) is 32.1. The van der Waals surface area contributed by atoms with Gasteiger partial charge >= 0.3 is 11.9 Å². The van der Waals surface area contributed by atoms with Gasteiger partial charge < -0.3 is 24.8 Å². The van der Waals surface area contributed by atoms with E-state index in [2.05, 4.69) is 20.8 Å². The first-order valence-corrected chi connectivity index (χ1v) is 18.8. The highest BCUT2D eigenvalue weighted by molar-refractivity contribution is 5.70. The minimum absolute atomic E-state index is 0.106. The van der Waals surface area contributed by atoms with Crippen LogP contribution < -0.4 is 0 Å². The fourth-order valence-corrected chi connectivity index (χ4v) is 5.07. The van der Waals surface area contributed by atoms with Crippen LogP contribution in [0.3, 0.4) is 0 Å². The number of rotatable bonds is 32. The van der Waals surface area contributed by atoms with Crippen molar-refractivity contribution in [3.05, 3.63) is 48.6 Å². The van der Waals surface area contributed by atoms with Gasteiger partial charge in [-0.1, -0.05) is 159 Å². The molecule has 0 aliphatic carbocycles. The van der Waals surface area contributed by atoms with Crippen LogP contribution >= 0.6 is 0 Å². The number of aliphatic hydroxyl groups excluding tert-OH is 3. The van der Waals surface area contributed by atoms with Crippen molar-refractivity contribution < 1.29 is 34.4 Å². The Morgan fingerprint density at radius 3 is 1.64 bits per heavy atom. The van der Waals surface area contributed by atoms with Gasteiger partial charge in [-0.2, -0.15) is 0 Å². The lowest BCUT2D eigenvalue weighted by Gasteiger charge is -2.16. The van der Waals surface area contributed by atoms with Gasteiger partial charge in [0, 0.05) is 12.8 Å². The van der Waals surface area contributed by atoms with Crippen LogP contribution in [0, 0.1) is 5.92 Å². The fourth-order valence-electron chi connectivity index (χ4n) is 5.07.